The fourth-order valence-electron chi connectivity index (χ4n) is 2.80. The first-order valence-corrected chi connectivity index (χ1v) is 8.56. The Kier molecular flexibility index (Phi) is 4.37. The third-order valence-electron chi connectivity index (χ3n) is 3.73. The summed E-state index contributed by atoms with van der Waals surface area (Å²) in [4.78, 5) is 2.91. The first-order chi connectivity index (χ1) is 9.69. The molecule has 1 aliphatic rings. The second-order valence-electron chi connectivity index (χ2n) is 5.11. The van der Waals surface area contributed by atoms with E-state index in [-0.39, 0.29) is 6.04 Å². The largest absolute Gasteiger partial charge is 0.306 e. The van der Waals surface area contributed by atoms with Gasteiger partial charge in [-0.25, -0.2) is 0 Å². The van der Waals surface area contributed by atoms with Crippen molar-refractivity contribution >= 4 is 34.5 Å². The summed E-state index contributed by atoms with van der Waals surface area (Å²) in [6.45, 7) is 3.03. The highest BCUT2D eigenvalue weighted by molar-refractivity contribution is 7.12. The van der Waals surface area contributed by atoms with Gasteiger partial charge in [0.05, 0.1) is 6.04 Å². The molecule has 0 fully saturated rings. The van der Waals surface area contributed by atoms with Gasteiger partial charge in [-0.15, -0.1) is 11.3 Å². The van der Waals surface area contributed by atoms with Crippen LogP contribution < -0.4 is 5.32 Å². The Morgan fingerprint density at radius 1 is 1.25 bits per heavy atom. The standard InChI is InChI=1S/C16H17Cl2NS/c1-2-19-16(12-7-6-11(17)9-13(12)18)15-8-10-4-3-5-14(10)20-15/h6-9,16,19H,2-5H2,1H3. The summed E-state index contributed by atoms with van der Waals surface area (Å²) in [5, 5.41) is 4.96. The van der Waals surface area contributed by atoms with E-state index in [1.807, 2.05) is 29.5 Å². The van der Waals surface area contributed by atoms with Crippen molar-refractivity contribution in [3.05, 3.63) is 55.2 Å². The van der Waals surface area contributed by atoms with E-state index < -0.39 is 0 Å². The molecule has 1 aliphatic carbocycles. The average Bonchev–Trinajstić information content (AvgIpc) is 2.97. The monoisotopic (exact) mass is 325 g/mol. The zero-order valence-corrected chi connectivity index (χ0v) is 13.7. The molecule has 1 unspecified atom stereocenters. The summed E-state index contributed by atoms with van der Waals surface area (Å²) in [7, 11) is 0. The second kappa shape index (κ2) is 6.07. The number of thiophene rings is 1. The first kappa shape index (κ1) is 14.4. The van der Waals surface area contributed by atoms with Gasteiger partial charge in [-0.1, -0.05) is 36.2 Å². The van der Waals surface area contributed by atoms with E-state index in [0.29, 0.717) is 5.02 Å². The molecule has 1 atom stereocenters. The van der Waals surface area contributed by atoms with Gasteiger partial charge in [-0.05, 0) is 55.1 Å². The lowest BCUT2D eigenvalue weighted by Crippen LogP contribution is -2.21. The molecule has 1 N–H and O–H groups in total. The Hall–Kier alpha value is -0.540. The SMILES string of the molecule is CCNC(c1cc2c(s1)CCC2)c1ccc(Cl)cc1Cl. The van der Waals surface area contributed by atoms with Crippen molar-refractivity contribution in [2.24, 2.45) is 0 Å². The van der Waals surface area contributed by atoms with Crippen LogP contribution in [-0.4, -0.2) is 6.54 Å². The number of hydrogen-bond donors (Lipinski definition) is 1. The molecule has 4 heteroatoms. The van der Waals surface area contributed by atoms with E-state index in [2.05, 4.69) is 18.3 Å². The lowest BCUT2D eigenvalue weighted by molar-refractivity contribution is 0.639. The predicted octanol–water partition coefficient (Wildman–Crippen LogP) is 5.24. The Morgan fingerprint density at radius 3 is 2.80 bits per heavy atom. The van der Waals surface area contributed by atoms with Gasteiger partial charge in [0.25, 0.3) is 0 Å². The van der Waals surface area contributed by atoms with Crippen LogP contribution in [0.15, 0.2) is 24.3 Å². The van der Waals surface area contributed by atoms with Crippen molar-refractivity contribution in [2.45, 2.75) is 32.2 Å². The van der Waals surface area contributed by atoms with E-state index >= 15 is 0 Å². The smallest absolute Gasteiger partial charge is 0.0685 e. The van der Waals surface area contributed by atoms with Crippen LogP contribution in [0.5, 0.6) is 0 Å². The molecular weight excluding hydrogens is 309 g/mol. The number of nitrogens with one attached hydrogen (secondary N) is 1. The maximum absolute atomic E-state index is 6.38. The van der Waals surface area contributed by atoms with Gasteiger partial charge in [0.1, 0.15) is 0 Å². The van der Waals surface area contributed by atoms with Crippen molar-refractivity contribution < 1.29 is 0 Å². The van der Waals surface area contributed by atoms with Gasteiger partial charge in [0, 0.05) is 19.8 Å². The maximum Gasteiger partial charge on any atom is 0.0685 e. The predicted molar refractivity (Wildman–Crippen MR) is 88.3 cm³/mol. The quantitative estimate of drug-likeness (QED) is 0.810. The molecule has 2 aromatic rings. The van der Waals surface area contributed by atoms with Crippen LogP contribution in [0.2, 0.25) is 10.0 Å². The van der Waals surface area contributed by atoms with Crippen LogP contribution >= 0.6 is 34.5 Å². The highest BCUT2D eigenvalue weighted by Crippen LogP contribution is 2.38. The van der Waals surface area contributed by atoms with E-state index in [9.17, 15) is 0 Å². The normalized spacial score (nSPS) is 15.3. The highest BCUT2D eigenvalue weighted by atomic mass is 35.5. The average molecular weight is 326 g/mol. The minimum Gasteiger partial charge on any atom is -0.306 e. The lowest BCUT2D eigenvalue weighted by Gasteiger charge is -2.18. The van der Waals surface area contributed by atoms with Crippen LogP contribution in [0.25, 0.3) is 0 Å². The van der Waals surface area contributed by atoms with Crippen molar-refractivity contribution in [3.63, 3.8) is 0 Å². The van der Waals surface area contributed by atoms with Gasteiger partial charge >= 0.3 is 0 Å². The number of fused-ring (bicyclic) bond motifs is 1. The Morgan fingerprint density at radius 2 is 2.10 bits per heavy atom. The zero-order chi connectivity index (χ0) is 14.1. The van der Waals surface area contributed by atoms with Crippen LogP contribution in [0.1, 0.15) is 40.3 Å². The van der Waals surface area contributed by atoms with Gasteiger partial charge in [0.15, 0.2) is 0 Å². The van der Waals surface area contributed by atoms with Crippen LogP contribution in [0.3, 0.4) is 0 Å². The molecule has 0 spiro atoms. The van der Waals surface area contributed by atoms with E-state index in [1.54, 1.807) is 4.88 Å². The zero-order valence-electron chi connectivity index (χ0n) is 11.4. The molecule has 1 aromatic heterocycles. The molecule has 0 amide bonds. The molecular formula is C16H17Cl2NS. The summed E-state index contributed by atoms with van der Waals surface area (Å²) in [5.41, 5.74) is 2.64. The molecule has 106 valence electrons. The summed E-state index contributed by atoms with van der Waals surface area (Å²) >= 11 is 14.3. The third-order valence-corrected chi connectivity index (χ3v) is 5.60. The summed E-state index contributed by atoms with van der Waals surface area (Å²) in [6.07, 6.45) is 3.75. The number of hydrogen-bond acceptors (Lipinski definition) is 2. The van der Waals surface area contributed by atoms with Crippen LogP contribution in [0.4, 0.5) is 0 Å². The van der Waals surface area contributed by atoms with E-state index in [4.69, 9.17) is 23.2 Å². The molecule has 3 rings (SSSR count). The fraction of sp³-hybridized carbons (Fsp3) is 0.375. The van der Waals surface area contributed by atoms with E-state index in [1.165, 1.54) is 29.7 Å². The van der Waals surface area contributed by atoms with Crippen LogP contribution in [0, 0.1) is 0 Å². The topological polar surface area (TPSA) is 12.0 Å². The van der Waals surface area contributed by atoms with Gasteiger partial charge < -0.3 is 5.32 Å². The number of rotatable bonds is 4. The first-order valence-electron chi connectivity index (χ1n) is 6.99. The van der Waals surface area contributed by atoms with Crippen molar-refractivity contribution in [2.75, 3.05) is 6.54 Å². The minimum atomic E-state index is 0.167. The third kappa shape index (κ3) is 2.75. The molecule has 1 aromatic carbocycles. The molecule has 20 heavy (non-hydrogen) atoms. The number of benzene rings is 1. The Labute approximate surface area is 133 Å². The van der Waals surface area contributed by atoms with E-state index in [0.717, 1.165) is 17.1 Å². The Bertz CT molecular complexity index is 599. The fourth-order valence-corrected chi connectivity index (χ4v) is 4.67. The van der Waals surface area contributed by atoms with Gasteiger partial charge in [0.2, 0.25) is 0 Å². The van der Waals surface area contributed by atoms with Crippen molar-refractivity contribution in [1.82, 2.24) is 5.32 Å². The minimum absolute atomic E-state index is 0.167. The maximum atomic E-state index is 6.38. The highest BCUT2D eigenvalue weighted by Gasteiger charge is 2.22. The van der Waals surface area contributed by atoms with Gasteiger partial charge in [-0.2, -0.15) is 0 Å². The Balaban J connectivity index is 1.99. The summed E-state index contributed by atoms with van der Waals surface area (Å²) in [6, 6.07) is 8.28. The molecule has 0 saturated heterocycles. The second-order valence-corrected chi connectivity index (χ2v) is 7.12. The van der Waals surface area contributed by atoms with Crippen molar-refractivity contribution in [1.29, 1.82) is 0 Å². The summed E-state index contributed by atoms with van der Waals surface area (Å²) in [5.74, 6) is 0. The molecule has 1 heterocycles. The molecule has 0 radical (unpaired) electrons. The molecule has 0 saturated carbocycles. The lowest BCUT2D eigenvalue weighted by atomic mass is 10.0. The van der Waals surface area contributed by atoms with Crippen molar-refractivity contribution in [3.8, 4) is 0 Å². The molecule has 0 aliphatic heterocycles. The van der Waals surface area contributed by atoms with Crippen LogP contribution in [-0.2, 0) is 12.8 Å². The summed E-state index contributed by atoms with van der Waals surface area (Å²) < 4.78 is 0. The number of aryl methyl sites for hydroxylation is 2. The molecule has 0 bridgehead atoms. The number of halogens is 2. The van der Waals surface area contributed by atoms with Gasteiger partial charge in [-0.3, -0.25) is 0 Å². The molecule has 1 nitrogen and oxygen atoms in total.